The van der Waals surface area contributed by atoms with E-state index in [4.69, 9.17) is 46.4 Å². The first kappa shape index (κ1) is 18.0. The molecule has 1 heterocycles. The molecular weight excluding hydrogens is 410 g/mol. The standard InChI is InChI=1S/C16H8Cl4N2O3/c17-11-9-10(12(18)14(20)13(11)19)16(25)22(15(9)24)6-8(23)21-7-4-2-1-3-5-7/h1-5H,6H2,(H,21,23). The van der Waals surface area contributed by atoms with E-state index < -0.39 is 24.3 Å². The van der Waals surface area contributed by atoms with Crippen LogP contribution in [0.25, 0.3) is 0 Å². The van der Waals surface area contributed by atoms with Crippen molar-refractivity contribution in [1.82, 2.24) is 4.90 Å². The summed E-state index contributed by atoms with van der Waals surface area (Å²) in [5.74, 6) is -2.06. The molecule has 0 aromatic heterocycles. The summed E-state index contributed by atoms with van der Waals surface area (Å²) < 4.78 is 0. The molecule has 1 aliphatic rings. The second-order valence-electron chi connectivity index (χ2n) is 5.12. The average molecular weight is 418 g/mol. The molecule has 0 aliphatic carbocycles. The lowest BCUT2D eigenvalue weighted by Gasteiger charge is -2.13. The molecular formula is C16H8Cl4N2O3. The molecule has 0 spiro atoms. The third kappa shape index (κ3) is 3.09. The van der Waals surface area contributed by atoms with Crippen LogP contribution in [0.4, 0.5) is 5.69 Å². The fourth-order valence-electron chi connectivity index (χ4n) is 2.40. The van der Waals surface area contributed by atoms with E-state index in [-0.39, 0.29) is 31.2 Å². The molecule has 0 saturated carbocycles. The van der Waals surface area contributed by atoms with E-state index in [2.05, 4.69) is 5.32 Å². The number of nitrogens with zero attached hydrogens (tertiary/aromatic N) is 1. The number of halogens is 4. The number of hydrogen-bond acceptors (Lipinski definition) is 3. The van der Waals surface area contributed by atoms with Crippen molar-refractivity contribution < 1.29 is 14.4 Å². The third-order valence-electron chi connectivity index (χ3n) is 3.54. The largest absolute Gasteiger partial charge is 0.325 e. The molecule has 0 unspecified atom stereocenters. The van der Waals surface area contributed by atoms with E-state index in [9.17, 15) is 14.4 Å². The number of fused-ring (bicyclic) bond motifs is 1. The number of carbonyl (C=O) groups is 3. The van der Waals surface area contributed by atoms with Crippen molar-refractivity contribution in [3.8, 4) is 0 Å². The van der Waals surface area contributed by atoms with Gasteiger partial charge in [0.25, 0.3) is 11.8 Å². The van der Waals surface area contributed by atoms with Gasteiger partial charge in [-0.3, -0.25) is 19.3 Å². The number of hydrogen-bond donors (Lipinski definition) is 1. The predicted molar refractivity (Wildman–Crippen MR) is 96.9 cm³/mol. The van der Waals surface area contributed by atoms with Crippen LogP contribution in [-0.2, 0) is 4.79 Å². The minimum absolute atomic E-state index is 0.121. The highest BCUT2D eigenvalue weighted by atomic mass is 35.5. The van der Waals surface area contributed by atoms with Gasteiger partial charge in [-0.1, -0.05) is 64.6 Å². The lowest BCUT2D eigenvalue weighted by atomic mass is 10.1. The zero-order valence-corrected chi connectivity index (χ0v) is 15.3. The number of para-hydroxylation sites is 1. The van der Waals surface area contributed by atoms with Gasteiger partial charge in [-0.15, -0.1) is 0 Å². The second-order valence-corrected chi connectivity index (χ2v) is 6.63. The van der Waals surface area contributed by atoms with Crippen molar-refractivity contribution in [2.24, 2.45) is 0 Å². The summed E-state index contributed by atoms with van der Waals surface area (Å²) in [5, 5.41) is 2.00. The molecule has 3 rings (SSSR count). The van der Waals surface area contributed by atoms with Gasteiger partial charge in [0.15, 0.2) is 0 Å². The molecule has 2 aromatic rings. The first-order valence-corrected chi connectivity index (χ1v) is 8.41. The van der Waals surface area contributed by atoms with Gasteiger partial charge in [0.1, 0.15) is 6.54 Å². The predicted octanol–water partition coefficient (Wildman–Crippen LogP) is 4.53. The maximum atomic E-state index is 12.5. The van der Waals surface area contributed by atoms with Crippen LogP contribution in [-0.4, -0.2) is 29.2 Å². The Balaban J connectivity index is 1.89. The third-order valence-corrected chi connectivity index (χ3v) is 5.35. The van der Waals surface area contributed by atoms with Crippen LogP contribution in [0, 0.1) is 0 Å². The first-order chi connectivity index (χ1) is 11.8. The summed E-state index contributed by atoms with van der Waals surface area (Å²) in [6.45, 7) is -0.497. The quantitative estimate of drug-likeness (QED) is 0.453. The number of benzene rings is 2. The number of rotatable bonds is 3. The summed E-state index contributed by atoms with van der Waals surface area (Å²) in [6, 6.07) is 8.61. The van der Waals surface area contributed by atoms with Gasteiger partial charge in [-0.25, -0.2) is 0 Å². The van der Waals surface area contributed by atoms with Crippen molar-refractivity contribution in [1.29, 1.82) is 0 Å². The van der Waals surface area contributed by atoms with Crippen molar-refractivity contribution in [2.75, 3.05) is 11.9 Å². The Kier molecular flexibility index (Phi) is 4.93. The Morgan fingerprint density at radius 2 is 1.32 bits per heavy atom. The molecule has 2 aromatic carbocycles. The lowest BCUT2D eigenvalue weighted by molar-refractivity contribution is -0.116. The Morgan fingerprint density at radius 1 is 0.840 bits per heavy atom. The monoisotopic (exact) mass is 416 g/mol. The van der Waals surface area contributed by atoms with Crippen LogP contribution in [0.5, 0.6) is 0 Å². The Labute approximate surface area is 162 Å². The van der Waals surface area contributed by atoms with Crippen LogP contribution in [0.1, 0.15) is 20.7 Å². The molecule has 3 amide bonds. The minimum Gasteiger partial charge on any atom is -0.325 e. The molecule has 0 bridgehead atoms. The molecule has 0 fully saturated rings. The van der Waals surface area contributed by atoms with Gasteiger partial charge >= 0.3 is 0 Å². The number of nitrogens with one attached hydrogen (secondary N) is 1. The molecule has 25 heavy (non-hydrogen) atoms. The van der Waals surface area contributed by atoms with E-state index in [1.54, 1.807) is 30.3 Å². The Morgan fingerprint density at radius 3 is 1.80 bits per heavy atom. The van der Waals surface area contributed by atoms with E-state index >= 15 is 0 Å². The average Bonchev–Trinajstić information content (AvgIpc) is 2.83. The SMILES string of the molecule is O=C(CN1C(=O)c2c(Cl)c(Cl)c(Cl)c(Cl)c2C1=O)Nc1ccccc1. The highest BCUT2D eigenvalue weighted by molar-refractivity contribution is 6.55. The summed E-state index contributed by atoms with van der Waals surface area (Å²) in [6.07, 6.45) is 0. The van der Waals surface area contributed by atoms with Crippen LogP contribution >= 0.6 is 46.4 Å². The highest BCUT2D eigenvalue weighted by Crippen LogP contribution is 2.44. The molecule has 128 valence electrons. The van der Waals surface area contributed by atoms with Crippen molar-refractivity contribution in [3.05, 3.63) is 61.5 Å². The molecule has 0 saturated heterocycles. The molecule has 1 N–H and O–H groups in total. The van der Waals surface area contributed by atoms with Crippen molar-refractivity contribution in [3.63, 3.8) is 0 Å². The van der Waals surface area contributed by atoms with E-state index in [1.807, 2.05) is 0 Å². The molecule has 9 heteroatoms. The zero-order valence-electron chi connectivity index (χ0n) is 12.3. The van der Waals surface area contributed by atoms with Crippen molar-refractivity contribution in [2.45, 2.75) is 0 Å². The van der Waals surface area contributed by atoms with Gasteiger partial charge in [0.2, 0.25) is 5.91 Å². The van der Waals surface area contributed by atoms with Gasteiger partial charge in [0.05, 0.1) is 31.2 Å². The van der Waals surface area contributed by atoms with Gasteiger partial charge in [-0.2, -0.15) is 0 Å². The molecule has 5 nitrogen and oxygen atoms in total. The second kappa shape index (κ2) is 6.84. The number of anilines is 1. The molecule has 0 atom stereocenters. The zero-order chi connectivity index (χ0) is 18.3. The topological polar surface area (TPSA) is 66.5 Å². The summed E-state index contributed by atoms with van der Waals surface area (Å²) in [5.41, 5.74) is 0.225. The van der Waals surface area contributed by atoms with Crippen molar-refractivity contribution >= 4 is 69.8 Å². The fraction of sp³-hybridized carbons (Fsp3) is 0.0625. The number of carbonyl (C=O) groups excluding carboxylic acids is 3. The lowest BCUT2D eigenvalue weighted by Crippen LogP contribution is -2.37. The van der Waals surface area contributed by atoms with E-state index in [0.717, 1.165) is 4.90 Å². The van der Waals surface area contributed by atoms with Gasteiger partial charge in [-0.05, 0) is 12.1 Å². The first-order valence-electron chi connectivity index (χ1n) is 6.90. The minimum atomic E-state index is -0.756. The highest BCUT2D eigenvalue weighted by Gasteiger charge is 2.42. The maximum Gasteiger partial charge on any atom is 0.263 e. The van der Waals surface area contributed by atoms with E-state index in [0.29, 0.717) is 5.69 Å². The summed E-state index contributed by atoms with van der Waals surface area (Å²) in [4.78, 5) is 37.9. The number of imide groups is 1. The smallest absolute Gasteiger partial charge is 0.263 e. The number of amides is 3. The van der Waals surface area contributed by atoms with Gasteiger partial charge in [0, 0.05) is 5.69 Å². The van der Waals surface area contributed by atoms with Gasteiger partial charge < -0.3 is 5.32 Å². The normalized spacial score (nSPS) is 13.2. The summed E-state index contributed by atoms with van der Waals surface area (Å²) in [7, 11) is 0. The maximum absolute atomic E-state index is 12.5. The van der Waals surface area contributed by atoms with Crippen LogP contribution < -0.4 is 5.32 Å². The molecule has 1 aliphatic heterocycles. The Hall–Kier alpha value is -1.79. The Bertz CT molecular complexity index is 869. The van der Waals surface area contributed by atoms with E-state index in [1.165, 1.54) is 0 Å². The van der Waals surface area contributed by atoms with Crippen LogP contribution in [0.3, 0.4) is 0 Å². The molecule has 0 radical (unpaired) electrons. The summed E-state index contributed by atoms with van der Waals surface area (Å²) >= 11 is 23.9. The fourth-order valence-corrected chi connectivity index (χ4v) is 3.42. The van der Waals surface area contributed by atoms with Crippen LogP contribution in [0.15, 0.2) is 30.3 Å². The van der Waals surface area contributed by atoms with Crippen LogP contribution in [0.2, 0.25) is 20.1 Å².